The molecule has 1 aliphatic rings. The summed E-state index contributed by atoms with van der Waals surface area (Å²) in [6, 6.07) is 11.2. The standard InChI is InChI=1S/C15H15NO4S/c1-15(9-21(18,19)20)12-8-7-10-5-3-4-6-11(10)13(12)16(2)14(15)17/h3-8H,9H2,1-2H3,(H,18,19,20). The zero-order valence-electron chi connectivity index (χ0n) is 11.7. The average Bonchev–Trinajstić information content (AvgIpc) is 2.59. The molecule has 0 aromatic heterocycles. The van der Waals surface area contributed by atoms with Crippen LogP contribution in [0, 0.1) is 0 Å². The molecule has 5 nitrogen and oxygen atoms in total. The molecule has 0 spiro atoms. The van der Waals surface area contributed by atoms with Crippen molar-refractivity contribution in [3.05, 3.63) is 42.0 Å². The molecule has 1 heterocycles. The number of rotatable bonds is 2. The van der Waals surface area contributed by atoms with Crippen molar-refractivity contribution in [2.45, 2.75) is 12.3 Å². The molecule has 0 saturated heterocycles. The molecule has 2 aromatic rings. The third kappa shape index (κ3) is 2.02. The molecule has 3 rings (SSSR count). The van der Waals surface area contributed by atoms with E-state index in [-0.39, 0.29) is 5.91 Å². The number of carbonyl (C=O) groups excluding carboxylic acids is 1. The molecule has 1 atom stereocenters. The predicted molar refractivity (Wildman–Crippen MR) is 81.1 cm³/mol. The van der Waals surface area contributed by atoms with E-state index < -0.39 is 21.3 Å². The highest BCUT2D eigenvalue weighted by Gasteiger charge is 2.49. The Morgan fingerprint density at radius 3 is 2.52 bits per heavy atom. The maximum atomic E-state index is 12.6. The summed E-state index contributed by atoms with van der Waals surface area (Å²) in [4.78, 5) is 14.0. The third-order valence-electron chi connectivity index (χ3n) is 4.08. The number of hydrogen-bond donors (Lipinski definition) is 1. The van der Waals surface area contributed by atoms with Crippen LogP contribution in [0.15, 0.2) is 36.4 Å². The fourth-order valence-electron chi connectivity index (χ4n) is 3.15. The first-order chi connectivity index (χ1) is 9.74. The molecule has 2 aromatic carbocycles. The van der Waals surface area contributed by atoms with Gasteiger partial charge in [0.2, 0.25) is 5.91 Å². The molecule has 0 bridgehead atoms. The van der Waals surface area contributed by atoms with Crippen LogP contribution in [0.4, 0.5) is 5.69 Å². The Balaban J connectivity index is 2.32. The first kappa shape index (κ1) is 14.0. The second-order valence-corrected chi connectivity index (χ2v) is 7.06. The highest BCUT2D eigenvalue weighted by Crippen LogP contribution is 2.45. The van der Waals surface area contributed by atoms with Crippen molar-refractivity contribution < 1.29 is 17.8 Å². The first-order valence-corrected chi connectivity index (χ1v) is 8.10. The van der Waals surface area contributed by atoms with Crippen LogP contribution in [-0.4, -0.2) is 31.7 Å². The van der Waals surface area contributed by atoms with E-state index in [1.165, 1.54) is 4.90 Å². The number of nitrogens with zero attached hydrogens (tertiary/aromatic N) is 1. The number of hydrogen-bond acceptors (Lipinski definition) is 3. The van der Waals surface area contributed by atoms with Crippen LogP contribution in [0.1, 0.15) is 12.5 Å². The summed E-state index contributed by atoms with van der Waals surface area (Å²) in [6.45, 7) is 1.56. The maximum absolute atomic E-state index is 12.6. The molecule has 0 saturated carbocycles. The molecule has 1 amide bonds. The summed E-state index contributed by atoms with van der Waals surface area (Å²) >= 11 is 0. The lowest BCUT2D eigenvalue weighted by Gasteiger charge is -2.21. The third-order valence-corrected chi connectivity index (χ3v) is 5.02. The Kier molecular flexibility index (Phi) is 2.86. The topological polar surface area (TPSA) is 74.7 Å². The van der Waals surface area contributed by atoms with Gasteiger partial charge < -0.3 is 4.90 Å². The lowest BCUT2D eigenvalue weighted by atomic mass is 9.85. The fourth-order valence-corrected chi connectivity index (χ4v) is 4.16. The van der Waals surface area contributed by atoms with E-state index in [9.17, 15) is 17.8 Å². The van der Waals surface area contributed by atoms with Gasteiger partial charge in [-0.1, -0.05) is 36.4 Å². The predicted octanol–water partition coefficient (Wildman–Crippen LogP) is 1.96. The number of fused-ring (bicyclic) bond motifs is 3. The minimum Gasteiger partial charge on any atom is -0.314 e. The van der Waals surface area contributed by atoms with Gasteiger partial charge in [0.25, 0.3) is 10.1 Å². The minimum absolute atomic E-state index is 0.327. The summed E-state index contributed by atoms with van der Waals surface area (Å²) in [5, 5.41) is 1.87. The number of carbonyl (C=O) groups is 1. The van der Waals surface area contributed by atoms with Gasteiger partial charge in [-0.15, -0.1) is 0 Å². The van der Waals surface area contributed by atoms with Crippen LogP contribution >= 0.6 is 0 Å². The molecule has 0 aliphatic carbocycles. The molecule has 21 heavy (non-hydrogen) atoms. The molecule has 1 aliphatic heterocycles. The number of likely N-dealkylation sites (N-methyl/N-ethyl adjacent to an activating group) is 1. The second-order valence-electron chi connectivity index (χ2n) is 5.61. The zero-order chi connectivity index (χ0) is 15.4. The van der Waals surface area contributed by atoms with Crippen LogP contribution in [0.2, 0.25) is 0 Å². The van der Waals surface area contributed by atoms with Gasteiger partial charge in [0, 0.05) is 12.4 Å². The smallest absolute Gasteiger partial charge is 0.266 e. The summed E-state index contributed by atoms with van der Waals surface area (Å²) in [6.07, 6.45) is 0. The van der Waals surface area contributed by atoms with Crippen molar-refractivity contribution in [1.29, 1.82) is 0 Å². The van der Waals surface area contributed by atoms with E-state index >= 15 is 0 Å². The normalized spacial score (nSPS) is 21.9. The summed E-state index contributed by atoms with van der Waals surface area (Å²) < 4.78 is 31.8. The molecular formula is C15H15NO4S. The SMILES string of the molecule is CN1C(=O)C(C)(CS(=O)(=O)O)c2ccc3ccccc3c21. The van der Waals surface area contributed by atoms with E-state index in [1.807, 2.05) is 30.3 Å². The van der Waals surface area contributed by atoms with Crippen LogP contribution in [0.25, 0.3) is 10.8 Å². The van der Waals surface area contributed by atoms with Crippen LogP contribution in [-0.2, 0) is 20.3 Å². The van der Waals surface area contributed by atoms with E-state index in [0.29, 0.717) is 11.3 Å². The summed E-state index contributed by atoms with van der Waals surface area (Å²) in [5.41, 5.74) is 0.0809. The average molecular weight is 305 g/mol. The number of anilines is 1. The number of benzene rings is 2. The Hall–Kier alpha value is -1.92. The molecular weight excluding hydrogens is 290 g/mol. The monoisotopic (exact) mass is 305 g/mol. The van der Waals surface area contributed by atoms with Gasteiger partial charge in [-0.25, -0.2) is 0 Å². The molecule has 1 N–H and O–H groups in total. The van der Waals surface area contributed by atoms with Gasteiger partial charge in [-0.3, -0.25) is 9.35 Å². The molecule has 0 fully saturated rings. The fraction of sp³-hybridized carbons (Fsp3) is 0.267. The zero-order valence-corrected chi connectivity index (χ0v) is 12.5. The molecule has 0 radical (unpaired) electrons. The quantitative estimate of drug-likeness (QED) is 0.861. The van der Waals surface area contributed by atoms with Crippen molar-refractivity contribution in [2.24, 2.45) is 0 Å². The van der Waals surface area contributed by atoms with Gasteiger partial charge in [-0.05, 0) is 17.9 Å². The van der Waals surface area contributed by atoms with Gasteiger partial charge >= 0.3 is 0 Å². The van der Waals surface area contributed by atoms with E-state index in [0.717, 1.165) is 10.8 Å². The van der Waals surface area contributed by atoms with Crippen molar-refractivity contribution in [1.82, 2.24) is 0 Å². The van der Waals surface area contributed by atoms with Crippen molar-refractivity contribution in [2.75, 3.05) is 17.7 Å². The van der Waals surface area contributed by atoms with E-state index in [2.05, 4.69) is 0 Å². The Morgan fingerprint density at radius 1 is 1.19 bits per heavy atom. The molecule has 1 unspecified atom stereocenters. The van der Waals surface area contributed by atoms with Gasteiger partial charge in [0.05, 0.1) is 16.9 Å². The van der Waals surface area contributed by atoms with Gasteiger partial charge in [-0.2, -0.15) is 8.42 Å². The van der Waals surface area contributed by atoms with E-state index in [1.54, 1.807) is 20.0 Å². The van der Waals surface area contributed by atoms with Crippen LogP contribution in [0.3, 0.4) is 0 Å². The minimum atomic E-state index is -4.27. The highest BCUT2D eigenvalue weighted by atomic mass is 32.2. The van der Waals surface area contributed by atoms with Crippen molar-refractivity contribution in [3.63, 3.8) is 0 Å². The Labute approximate surface area is 122 Å². The van der Waals surface area contributed by atoms with Crippen LogP contribution < -0.4 is 4.90 Å². The van der Waals surface area contributed by atoms with Gasteiger partial charge in [0.1, 0.15) is 0 Å². The highest BCUT2D eigenvalue weighted by molar-refractivity contribution is 7.85. The largest absolute Gasteiger partial charge is 0.314 e. The summed E-state index contributed by atoms with van der Waals surface area (Å²) in [7, 11) is -2.64. The molecule has 110 valence electrons. The van der Waals surface area contributed by atoms with Crippen molar-refractivity contribution in [3.8, 4) is 0 Å². The lowest BCUT2D eigenvalue weighted by Crippen LogP contribution is -2.41. The molecule has 6 heteroatoms. The number of amides is 1. The van der Waals surface area contributed by atoms with Crippen LogP contribution in [0.5, 0.6) is 0 Å². The lowest BCUT2D eigenvalue weighted by molar-refractivity contribution is -0.121. The second kappa shape index (κ2) is 4.29. The van der Waals surface area contributed by atoms with E-state index in [4.69, 9.17) is 0 Å². The maximum Gasteiger partial charge on any atom is 0.266 e. The van der Waals surface area contributed by atoms with Gasteiger partial charge in [0.15, 0.2) is 0 Å². The Bertz CT molecular complexity index is 859. The Morgan fingerprint density at radius 2 is 1.86 bits per heavy atom. The van der Waals surface area contributed by atoms with Crippen molar-refractivity contribution >= 4 is 32.5 Å². The summed E-state index contributed by atoms with van der Waals surface area (Å²) in [5.74, 6) is -0.944. The first-order valence-electron chi connectivity index (χ1n) is 6.49.